The van der Waals surface area contributed by atoms with Gasteiger partial charge in [0.05, 0.1) is 18.2 Å². The summed E-state index contributed by atoms with van der Waals surface area (Å²) in [6.07, 6.45) is 0. The van der Waals surface area contributed by atoms with E-state index >= 15 is 0 Å². The van der Waals surface area contributed by atoms with Crippen molar-refractivity contribution in [1.29, 1.82) is 0 Å². The lowest BCUT2D eigenvalue weighted by atomic mass is 10.2. The molecule has 2 rings (SSSR count). The molecule has 3 nitrogen and oxygen atoms in total. The molecule has 0 amide bonds. The number of ether oxygens (including phenoxy) is 2. The Balaban J connectivity index is 2.15. The molecular formula is C18H22ClNO2. The molecule has 0 spiro atoms. The van der Waals surface area contributed by atoms with Crippen LogP contribution < -0.4 is 14.8 Å². The van der Waals surface area contributed by atoms with E-state index in [1.165, 1.54) is 5.56 Å². The summed E-state index contributed by atoms with van der Waals surface area (Å²) in [4.78, 5) is 0. The number of hydrogen-bond donors (Lipinski definition) is 1. The first-order chi connectivity index (χ1) is 10.6. The summed E-state index contributed by atoms with van der Waals surface area (Å²) >= 11 is 6.32. The molecule has 22 heavy (non-hydrogen) atoms. The van der Waals surface area contributed by atoms with E-state index in [0.29, 0.717) is 36.3 Å². The largest absolute Gasteiger partial charge is 0.490 e. The lowest BCUT2D eigenvalue weighted by Gasteiger charge is -2.15. The number of nitrogens with one attached hydrogen (secondary N) is 1. The average Bonchev–Trinajstić information content (AvgIpc) is 2.50. The second-order valence-corrected chi connectivity index (χ2v) is 5.40. The van der Waals surface area contributed by atoms with Crippen LogP contribution in [0.15, 0.2) is 36.4 Å². The fourth-order valence-corrected chi connectivity index (χ4v) is 2.43. The first kappa shape index (κ1) is 16.5. The SMILES string of the molecule is CCOc1cc(CNc2ccc(C)cc2)cc(Cl)c1OCC. The molecule has 0 unspecified atom stereocenters. The second kappa shape index (κ2) is 7.95. The summed E-state index contributed by atoms with van der Waals surface area (Å²) in [6.45, 7) is 7.76. The molecule has 0 aromatic heterocycles. The third-order valence-electron chi connectivity index (χ3n) is 3.21. The van der Waals surface area contributed by atoms with Crippen LogP contribution in [0.4, 0.5) is 5.69 Å². The van der Waals surface area contributed by atoms with E-state index in [-0.39, 0.29) is 0 Å². The van der Waals surface area contributed by atoms with E-state index in [1.807, 2.05) is 26.0 Å². The van der Waals surface area contributed by atoms with Crippen LogP contribution in [-0.2, 0) is 6.54 Å². The Morgan fingerprint density at radius 2 is 1.68 bits per heavy atom. The van der Waals surface area contributed by atoms with Crippen molar-refractivity contribution in [2.45, 2.75) is 27.3 Å². The molecule has 1 N–H and O–H groups in total. The lowest BCUT2D eigenvalue weighted by Crippen LogP contribution is -2.03. The van der Waals surface area contributed by atoms with Crippen LogP contribution in [0.1, 0.15) is 25.0 Å². The fourth-order valence-electron chi connectivity index (χ4n) is 2.15. The van der Waals surface area contributed by atoms with Crippen LogP contribution in [0.25, 0.3) is 0 Å². The van der Waals surface area contributed by atoms with Gasteiger partial charge in [-0.15, -0.1) is 0 Å². The molecule has 118 valence electrons. The predicted molar refractivity (Wildman–Crippen MR) is 92.3 cm³/mol. The Morgan fingerprint density at radius 1 is 1.00 bits per heavy atom. The highest BCUT2D eigenvalue weighted by Crippen LogP contribution is 2.36. The number of benzene rings is 2. The summed E-state index contributed by atoms with van der Waals surface area (Å²) < 4.78 is 11.2. The fraction of sp³-hybridized carbons (Fsp3) is 0.333. The topological polar surface area (TPSA) is 30.5 Å². The Hall–Kier alpha value is -1.87. The first-order valence-corrected chi connectivity index (χ1v) is 7.90. The predicted octanol–water partition coefficient (Wildman–Crippen LogP) is 5.06. The van der Waals surface area contributed by atoms with Gasteiger partial charge < -0.3 is 14.8 Å². The standard InChI is InChI=1S/C18H22ClNO2/c1-4-21-17-11-14(10-16(19)18(17)22-5-2)12-20-15-8-6-13(3)7-9-15/h6-11,20H,4-5,12H2,1-3H3. The molecule has 2 aromatic rings. The summed E-state index contributed by atoms with van der Waals surface area (Å²) in [6, 6.07) is 12.2. The van der Waals surface area contributed by atoms with Gasteiger partial charge >= 0.3 is 0 Å². The van der Waals surface area contributed by atoms with Gasteiger partial charge in [-0.1, -0.05) is 29.3 Å². The molecule has 0 bridgehead atoms. The molecule has 2 aromatic carbocycles. The van der Waals surface area contributed by atoms with Gasteiger partial charge in [0, 0.05) is 12.2 Å². The zero-order valence-corrected chi connectivity index (χ0v) is 14.0. The van der Waals surface area contributed by atoms with Crippen molar-refractivity contribution in [3.63, 3.8) is 0 Å². The maximum absolute atomic E-state index is 6.32. The molecule has 0 saturated carbocycles. The van der Waals surface area contributed by atoms with Crippen LogP contribution in [0.3, 0.4) is 0 Å². The van der Waals surface area contributed by atoms with Crippen LogP contribution >= 0.6 is 11.6 Å². The van der Waals surface area contributed by atoms with Gasteiger partial charge in [-0.3, -0.25) is 0 Å². The number of anilines is 1. The average molecular weight is 320 g/mol. The van der Waals surface area contributed by atoms with E-state index in [9.17, 15) is 0 Å². The maximum atomic E-state index is 6.32. The van der Waals surface area contributed by atoms with Crippen LogP contribution in [0.5, 0.6) is 11.5 Å². The highest BCUT2D eigenvalue weighted by Gasteiger charge is 2.12. The quantitative estimate of drug-likeness (QED) is 0.774. The summed E-state index contributed by atoms with van der Waals surface area (Å²) in [5.41, 5.74) is 3.37. The molecule has 0 fully saturated rings. The zero-order valence-electron chi connectivity index (χ0n) is 13.3. The van der Waals surface area contributed by atoms with E-state index in [0.717, 1.165) is 11.3 Å². The van der Waals surface area contributed by atoms with Gasteiger partial charge in [-0.2, -0.15) is 0 Å². The van der Waals surface area contributed by atoms with Crippen molar-refractivity contribution < 1.29 is 9.47 Å². The van der Waals surface area contributed by atoms with Gasteiger partial charge in [0.25, 0.3) is 0 Å². The Morgan fingerprint density at radius 3 is 2.32 bits per heavy atom. The van der Waals surface area contributed by atoms with Gasteiger partial charge in [0.15, 0.2) is 11.5 Å². The molecular weight excluding hydrogens is 298 g/mol. The Bertz CT molecular complexity index is 611. The van der Waals surface area contributed by atoms with E-state index < -0.39 is 0 Å². The summed E-state index contributed by atoms with van der Waals surface area (Å²) in [7, 11) is 0. The minimum absolute atomic E-state index is 0.556. The molecule has 0 atom stereocenters. The molecule has 0 radical (unpaired) electrons. The smallest absolute Gasteiger partial charge is 0.179 e. The van der Waals surface area contributed by atoms with E-state index in [2.05, 4.69) is 36.5 Å². The van der Waals surface area contributed by atoms with E-state index in [4.69, 9.17) is 21.1 Å². The van der Waals surface area contributed by atoms with Crippen molar-refractivity contribution in [2.75, 3.05) is 18.5 Å². The minimum atomic E-state index is 0.556. The maximum Gasteiger partial charge on any atom is 0.179 e. The molecule has 0 aliphatic heterocycles. The van der Waals surface area contributed by atoms with E-state index in [1.54, 1.807) is 0 Å². The number of rotatable bonds is 7. The monoisotopic (exact) mass is 319 g/mol. The molecule has 0 aliphatic carbocycles. The van der Waals surface area contributed by atoms with Crippen molar-refractivity contribution in [1.82, 2.24) is 0 Å². The number of aryl methyl sites for hydroxylation is 1. The van der Waals surface area contributed by atoms with Crippen LogP contribution in [0.2, 0.25) is 5.02 Å². The highest BCUT2D eigenvalue weighted by molar-refractivity contribution is 6.32. The van der Waals surface area contributed by atoms with Gasteiger partial charge in [-0.05, 0) is 50.6 Å². The highest BCUT2D eigenvalue weighted by atomic mass is 35.5. The zero-order chi connectivity index (χ0) is 15.9. The van der Waals surface area contributed by atoms with Gasteiger partial charge in [0.1, 0.15) is 0 Å². The van der Waals surface area contributed by atoms with Gasteiger partial charge in [0.2, 0.25) is 0 Å². The summed E-state index contributed by atoms with van der Waals surface area (Å²) in [5, 5.41) is 3.96. The molecule has 0 heterocycles. The molecule has 0 aliphatic rings. The summed E-state index contributed by atoms with van der Waals surface area (Å²) in [5.74, 6) is 1.31. The van der Waals surface area contributed by atoms with Crippen molar-refractivity contribution in [3.8, 4) is 11.5 Å². The first-order valence-electron chi connectivity index (χ1n) is 7.52. The van der Waals surface area contributed by atoms with Crippen molar-refractivity contribution in [2.24, 2.45) is 0 Å². The van der Waals surface area contributed by atoms with Crippen LogP contribution in [0, 0.1) is 6.92 Å². The minimum Gasteiger partial charge on any atom is -0.490 e. The Labute approximate surface area is 137 Å². The second-order valence-electron chi connectivity index (χ2n) is 4.99. The normalized spacial score (nSPS) is 10.4. The van der Waals surface area contributed by atoms with Crippen LogP contribution in [-0.4, -0.2) is 13.2 Å². The Kier molecular flexibility index (Phi) is 5.96. The van der Waals surface area contributed by atoms with Crippen molar-refractivity contribution >= 4 is 17.3 Å². The van der Waals surface area contributed by atoms with Crippen molar-refractivity contribution in [3.05, 3.63) is 52.5 Å². The third-order valence-corrected chi connectivity index (χ3v) is 3.49. The molecule has 0 saturated heterocycles. The lowest BCUT2D eigenvalue weighted by molar-refractivity contribution is 0.287. The number of halogens is 1. The third kappa shape index (κ3) is 4.31. The number of hydrogen-bond acceptors (Lipinski definition) is 3. The molecule has 4 heteroatoms. The van der Waals surface area contributed by atoms with Gasteiger partial charge in [-0.25, -0.2) is 0 Å².